The monoisotopic (exact) mass is 384 g/mol. The van der Waals surface area contributed by atoms with Crippen molar-refractivity contribution in [3.05, 3.63) is 29.3 Å². The maximum Gasteiger partial charge on any atom is 0.168 e. The van der Waals surface area contributed by atoms with Crippen LogP contribution in [-0.2, 0) is 6.42 Å². The fourth-order valence-corrected chi connectivity index (χ4v) is 5.63. The van der Waals surface area contributed by atoms with Crippen LogP contribution in [-0.4, -0.2) is 14.2 Å². The molecule has 2 aliphatic rings. The van der Waals surface area contributed by atoms with Crippen LogP contribution in [0.5, 0.6) is 11.5 Å². The lowest BCUT2D eigenvalue weighted by molar-refractivity contribution is 0.189. The van der Waals surface area contributed by atoms with Gasteiger partial charge in [0.25, 0.3) is 0 Å². The van der Waals surface area contributed by atoms with E-state index < -0.39 is 0 Å². The molecular weight excluding hydrogens is 344 g/mol. The Labute approximate surface area is 172 Å². The summed E-state index contributed by atoms with van der Waals surface area (Å²) in [6.45, 7) is 4.54. The topological polar surface area (TPSA) is 18.5 Å². The van der Waals surface area contributed by atoms with Crippen LogP contribution < -0.4 is 9.47 Å². The second-order valence-corrected chi connectivity index (χ2v) is 8.92. The summed E-state index contributed by atoms with van der Waals surface area (Å²) in [5.41, 5.74) is 3.95. The van der Waals surface area contributed by atoms with Gasteiger partial charge in [-0.15, -0.1) is 0 Å². The summed E-state index contributed by atoms with van der Waals surface area (Å²) < 4.78 is 11.6. The van der Waals surface area contributed by atoms with Crippen molar-refractivity contribution in [2.24, 2.45) is 17.8 Å². The summed E-state index contributed by atoms with van der Waals surface area (Å²) in [6.07, 6.45) is 17.0. The highest BCUT2D eigenvalue weighted by atomic mass is 16.5. The quantitative estimate of drug-likeness (QED) is 0.463. The Bertz CT molecular complexity index is 653. The van der Waals surface area contributed by atoms with Crippen LogP contribution in [0.25, 0.3) is 5.57 Å². The van der Waals surface area contributed by atoms with E-state index in [-0.39, 0.29) is 0 Å². The van der Waals surface area contributed by atoms with Crippen LogP contribution in [0.3, 0.4) is 0 Å². The molecule has 28 heavy (non-hydrogen) atoms. The van der Waals surface area contributed by atoms with Crippen molar-refractivity contribution in [3.8, 4) is 11.5 Å². The Morgan fingerprint density at radius 3 is 2.18 bits per heavy atom. The third-order valence-electron chi connectivity index (χ3n) is 7.17. The molecule has 0 heterocycles. The summed E-state index contributed by atoms with van der Waals surface area (Å²) in [5, 5.41) is 0. The molecule has 1 fully saturated rings. The Balaban J connectivity index is 1.69. The molecule has 0 aliphatic heterocycles. The number of rotatable bonds is 8. The smallest absolute Gasteiger partial charge is 0.168 e. The number of ether oxygens (including phenoxy) is 2. The van der Waals surface area contributed by atoms with Gasteiger partial charge in [0, 0.05) is 5.56 Å². The molecule has 1 atom stereocenters. The van der Waals surface area contributed by atoms with Crippen molar-refractivity contribution in [2.75, 3.05) is 14.2 Å². The molecule has 2 heteroatoms. The van der Waals surface area contributed by atoms with E-state index in [2.05, 4.69) is 32.1 Å². The largest absolute Gasteiger partial charge is 0.493 e. The van der Waals surface area contributed by atoms with Gasteiger partial charge in [-0.25, -0.2) is 0 Å². The van der Waals surface area contributed by atoms with E-state index in [1.54, 1.807) is 14.2 Å². The van der Waals surface area contributed by atoms with E-state index in [4.69, 9.17) is 9.47 Å². The molecule has 1 aromatic rings. The highest BCUT2D eigenvalue weighted by Gasteiger charge is 2.29. The fraction of sp³-hybridized carbons (Fsp3) is 0.692. The lowest BCUT2D eigenvalue weighted by atomic mass is 9.70. The minimum absolute atomic E-state index is 0.888. The van der Waals surface area contributed by atoms with Crippen molar-refractivity contribution in [2.45, 2.75) is 84.5 Å². The van der Waals surface area contributed by atoms with Crippen molar-refractivity contribution in [1.29, 1.82) is 0 Å². The van der Waals surface area contributed by atoms with Crippen LogP contribution in [0.4, 0.5) is 0 Å². The number of methoxy groups -OCH3 is 2. The van der Waals surface area contributed by atoms with Crippen molar-refractivity contribution >= 4 is 5.57 Å². The molecule has 0 amide bonds. The van der Waals surface area contributed by atoms with E-state index in [0.29, 0.717) is 0 Å². The molecule has 0 aromatic heterocycles. The van der Waals surface area contributed by atoms with Crippen LogP contribution in [0, 0.1) is 17.8 Å². The Hall–Kier alpha value is -1.44. The first-order chi connectivity index (χ1) is 13.7. The van der Waals surface area contributed by atoms with E-state index in [0.717, 1.165) is 42.1 Å². The van der Waals surface area contributed by atoms with Gasteiger partial charge in [-0.3, -0.25) is 0 Å². The summed E-state index contributed by atoms with van der Waals surface area (Å²) in [7, 11) is 3.54. The second kappa shape index (κ2) is 10.4. The summed E-state index contributed by atoms with van der Waals surface area (Å²) in [4.78, 5) is 0. The zero-order valence-corrected chi connectivity index (χ0v) is 18.6. The average Bonchev–Trinajstić information content (AvgIpc) is 2.74. The first-order valence-electron chi connectivity index (χ1n) is 11.6. The zero-order valence-electron chi connectivity index (χ0n) is 18.6. The molecule has 0 radical (unpaired) electrons. The van der Waals surface area contributed by atoms with Gasteiger partial charge in [0.15, 0.2) is 11.5 Å². The van der Waals surface area contributed by atoms with Crippen molar-refractivity contribution < 1.29 is 9.47 Å². The van der Waals surface area contributed by atoms with Gasteiger partial charge in [0.1, 0.15) is 0 Å². The predicted octanol–water partition coefficient (Wildman–Crippen LogP) is 7.45. The maximum absolute atomic E-state index is 5.82. The Morgan fingerprint density at radius 2 is 1.61 bits per heavy atom. The summed E-state index contributed by atoms with van der Waals surface area (Å²) >= 11 is 0. The molecule has 0 spiro atoms. The van der Waals surface area contributed by atoms with Gasteiger partial charge in [-0.2, -0.15) is 0 Å². The SMILES string of the molecule is CCCc1ccc(C2=CCC(C3CCC(CCC)CC3)CC2)c(OC)c1OC. The first-order valence-corrected chi connectivity index (χ1v) is 11.6. The predicted molar refractivity (Wildman–Crippen MR) is 119 cm³/mol. The van der Waals surface area contributed by atoms with Crippen LogP contribution in [0.1, 0.15) is 89.2 Å². The molecule has 0 saturated heterocycles. The zero-order chi connectivity index (χ0) is 19.9. The van der Waals surface area contributed by atoms with E-state index >= 15 is 0 Å². The molecular formula is C26H40O2. The number of hydrogen-bond acceptors (Lipinski definition) is 2. The van der Waals surface area contributed by atoms with Gasteiger partial charge in [-0.1, -0.05) is 64.2 Å². The number of benzene rings is 1. The maximum atomic E-state index is 5.82. The lowest BCUT2D eigenvalue weighted by Gasteiger charge is -2.35. The summed E-state index contributed by atoms with van der Waals surface area (Å²) in [5.74, 6) is 4.71. The summed E-state index contributed by atoms with van der Waals surface area (Å²) in [6, 6.07) is 4.50. The molecule has 1 saturated carbocycles. The molecule has 2 nitrogen and oxygen atoms in total. The minimum atomic E-state index is 0.888. The third-order valence-corrected chi connectivity index (χ3v) is 7.17. The molecule has 2 aliphatic carbocycles. The van der Waals surface area contributed by atoms with Gasteiger partial charge in [-0.05, 0) is 67.4 Å². The molecule has 0 bridgehead atoms. The highest BCUT2D eigenvalue weighted by Crippen LogP contribution is 2.45. The van der Waals surface area contributed by atoms with Gasteiger partial charge < -0.3 is 9.47 Å². The lowest BCUT2D eigenvalue weighted by Crippen LogP contribution is -2.23. The molecule has 156 valence electrons. The number of aryl methyl sites for hydroxylation is 1. The number of allylic oxidation sites excluding steroid dienone is 2. The minimum Gasteiger partial charge on any atom is -0.493 e. The molecule has 3 rings (SSSR count). The molecule has 1 unspecified atom stereocenters. The Morgan fingerprint density at radius 1 is 0.857 bits per heavy atom. The van der Waals surface area contributed by atoms with Gasteiger partial charge in [0.05, 0.1) is 14.2 Å². The second-order valence-electron chi connectivity index (χ2n) is 8.92. The number of hydrogen-bond donors (Lipinski definition) is 0. The normalized spacial score (nSPS) is 25.3. The van der Waals surface area contributed by atoms with E-state index in [9.17, 15) is 0 Å². The van der Waals surface area contributed by atoms with Gasteiger partial charge >= 0.3 is 0 Å². The Kier molecular flexibility index (Phi) is 7.88. The molecule has 1 aromatic carbocycles. The van der Waals surface area contributed by atoms with Crippen LogP contribution in [0.2, 0.25) is 0 Å². The highest BCUT2D eigenvalue weighted by molar-refractivity contribution is 5.74. The fourth-order valence-electron chi connectivity index (χ4n) is 5.63. The van der Waals surface area contributed by atoms with Crippen molar-refractivity contribution in [1.82, 2.24) is 0 Å². The van der Waals surface area contributed by atoms with Crippen molar-refractivity contribution in [3.63, 3.8) is 0 Å². The average molecular weight is 385 g/mol. The van der Waals surface area contributed by atoms with Crippen LogP contribution >= 0.6 is 0 Å². The standard InChI is InChI=1S/C26H40O2/c1-5-7-19-9-11-20(12-10-19)21-13-15-22(16-14-21)24-18-17-23(8-6-2)25(27-3)26(24)28-4/h15,17-21H,5-14,16H2,1-4H3. The van der Waals surface area contributed by atoms with Gasteiger partial charge in [0.2, 0.25) is 0 Å². The van der Waals surface area contributed by atoms with Crippen LogP contribution in [0.15, 0.2) is 18.2 Å². The van der Waals surface area contributed by atoms with E-state index in [1.807, 2.05) is 0 Å². The molecule has 0 N–H and O–H groups in total. The first kappa shape index (κ1) is 21.3. The van der Waals surface area contributed by atoms with E-state index in [1.165, 1.54) is 74.5 Å². The third kappa shape index (κ3) is 4.75.